The smallest absolute Gasteiger partial charge is 0.338 e. The van der Waals surface area contributed by atoms with Gasteiger partial charge in [0.25, 0.3) is 0 Å². The summed E-state index contributed by atoms with van der Waals surface area (Å²) in [6, 6.07) is 12.6. The van der Waals surface area contributed by atoms with E-state index in [1.807, 2.05) is 43.3 Å². The third kappa shape index (κ3) is 5.24. The lowest BCUT2D eigenvalue weighted by Crippen LogP contribution is -2.49. The summed E-state index contributed by atoms with van der Waals surface area (Å²) in [5.74, 6) is 1.16. The molecule has 7 rings (SSSR count). The van der Waals surface area contributed by atoms with E-state index in [9.17, 15) is 4.79 Å². The van der Waals surface area contributed by atoms with Gasteiger partial charge in [-0.3, -0.25) is 0 Å². The molecule has 2 aromatic carbocycles. The number of piperidine rings is 1. The molecule has 4 heterocycles. The minimum atomic E-state index is -0.283. The van der Waals surface area contributed by atoms with Crippen LogP contribution in [0.15, 0.2) is 40.9 Å². The number of anilines is 1. The Morgan fingerprint density at radius 2 is 1.88 bits per heavy atom. The molecule has 0 spiro atoms. The minimum absolute atomic E-state index is 0.283. The molecule has 1 aliphatic carbocycles. The second-order valence-electron chi connectivity index (χ2n) is 11.3. The minimum Gasteiger partial charge on any atom is -0.462 e. The van der Waals surface area contributed by atoms with Crippen LogP contribution in [0.2, 0.25) is 10.0 Å². The van der Waals surface area contributed by atoms with E-state index >= 15 is 0 Å². The Kier molecular flexibility index (Phi) is 7.44. The van der Waals surface area contributed by atoms with Crippen molar-refractivity contribution in [1.29, 1.82) is 0 Å². The van der Waals surface area contributed by atoms with E-state index in [-0.39, 0.29) is 5.97 Å². The van der Waals surface area contributed by atoms with Crippen molar-refractivity contribution in [3.05, 3.63) is 63.3 Å². The van der Waals surface area contributed by atoms with E-state index in [1.54, 1.807) is 11.3 Å². The van der Waals surface area contributed by atoms with E-state index in [4.69, 9.17) is 37.4 Å². The number of thiazole rings is 1. The molecule has 0 radical (unpaired) electrons. The molecule has 2 saturated heterocycles. The van der Waals surface area contributed by atoms with E-state index in [2.05, 4.69) is 15.4 Å². The lowest BCUT2D eigenvalue weighted by Gasteiger charge is -2.39. The predicted molar refractivity (Wildman–Crippen MR) is 164 cm³/mol. The van der Waals surface area contributed by atoms with Gasteiger partial charge < -0.3 is 19.5 Å². The average molecular weight is 612 g/mol. The third-order valence-electron chi connectivity index (χ3n) is 8.62. The summed E-state index contributed by atoms with van der Waals surface area (Å²) in [6.07, 6.45) is 7.64. The summed E-state index contributed by atoms with van der Waals surface area (Å²) in [5.41, 5.74) is 4.19. The van der Waals surface area contributed by atoms with Gasteiger partial charge in [-0.05, 0) is 88.7 Å². The van der Waals surface area contributed by atoms with Crippen molar-refractivity contribution in [3.63, 3.8) is 0 Å². The Morgan fingerprint density at radius 3 is 2.59 bits per heavy atom. The zero-order chi connectivity index (χ0) is 28.1. The van der Waals surface area contributed by atoms with Gasteiger partial charge in [0.05, 0.1) is 32.4 Å². The van der Waals surface area contributed by atoms with Crippen LogP contribution in [-0.4, -0.2) is 47.4 Å². The van der Waals surface area contributed by atoms with Gasteiger partial charge in [-0.15, -0.1) is 0 Å². The second-order valence-corrected chi connectivity index (χ2v) is 13.1. The van der Waals surface area contributed by atoms with Crippen LogP contribution in [0.4, 0.5) is 5.13 Å². The first kappa shape index (κ1) is 27.2. The van der Waals surface area contributed by atoms with Crippen LogP contribution in [0.25, 0.3) is 21.5 Å². The third-order valence-corrected chi connectivity index (χ3v) is 10.3. The summed E-state index contributed by atoms with van der Waals surface area (Å²) in [7, 11) is 0. The van der Waals surface area contributed by atoms with Gasteiger partial charge in [0, 0.05) is 35.2 Å². The second kappa shape index (κ2) is 11.2. The van der Waals surface area contributed by atoms with Gasteiger partial charge in [0.2, 0.25) is 0 Å². The fraction of sp³-hybridized carbons (Fsp3) is 0.452. The van der Waals surface area contributed by atoms with E-state index in [0.29, 0.717) is 46.3 Å². The first-order valence-electron chi connectivity index (χ1n) is 14.5. The lowest BCUT2D eigenvalue weighted by atomic mass is 9.97. The molecular weight excluding hydrogens is 579 g/mol. The fourth-order valence-corrected chi connectivity index (χ4v) is 8.30. The maximum Gasteiger partial charge on any atom is 0.338 e. The predicted octanol–water partition coefficient (Wildman–Crippen LogP) is 7.64. The number of esters is 1. The highest BCUT2D eigenvalue weighted by molar-refractivity contribution is 7.22. The van der Waals surface area contributed by atoms with E-state index < -0.39 is 0 Å². The standard InChI is InChI=1S/C31H32Cl2N4O3S/c1-2-39-30(38)18-8-11-25-26(14-18)41-31(35-25)37-20-9-10-21(37)16-19(15-20)34-13-12-22-28(36-40-29(22)17-6-7-17)27-23(32)4-3-5-24(27)33/h3-5,8,11,14,17,19-21,34H,2,6-7,9-10,12-13,15-16H2,1H3. The zero-order valence-corrected chi connectivity index (χ0v) is 25.2. The molecule has 214 valence electrons. The van der Waals surface area contributed by atoms with Crippen LogP contribution < -0.4 is 10.2 Å². The number of fused-ring (bicyclic) bond motifs is 3. The first-order valence-corrected chi connectivity index (χ1v) is 16.1. The number of hydrogen-bond donors (Lipinski definition) is 1. The van der Waals surface area contributed by atoms with Gasteiger partial charge in [0.15, 0.2) is 5.13 Å². The van der Waals surface area contributed by atoms with Crippen LogP contribution in [0.3, 0.4) is 0 Å². The van der Waals surface area contributed by atoms with Gasteiger partial charge in [0.1, 0.15) is 11.5 Å². The largest absolute Gasteiger partial charge is 0.462 e. The number of ether oxygens (including phenoxy) is 1. The molecule has 1 saturated carbocycles. The number of carbonyl (C=O) groups is 1. The number of aromatic nitrogens is 2. The number of benzene rings is 2. The van der Waals surface area contributed by atoms with Crippen molar-refractivity contribution in [3.8, 4) is 11.3 Å². The van der Waals surface area contributed by atoms with E-state index in [1.165, 1.54) is 12.8 Å². The molecule has 3 aliphatic rings. The number of carbonyl (C=O) groups excluding carboxylic acids is 1. The molecular formula is C31H32Cl2N4O3S. The van der Waals surface area contributed by atoms with Gasteiger partial charge in [-0.1, -0.05) is 45.8 Å². The molecule has 2 unspecified atom stereocenters. The Hall–Kier alpha value is -2.65. The topological polar surface area (TPSA) is 80.5 Å². The molecule has 0 amide bonds. The summed E-state index contributed by atoms with van der Waals surface area (Å²) in [5, 5.41) is 10.6. The number of rotatable bonds is 9. The zero-order valence-electron chi connectivity index (χ0n) is 22.9. The normalized spacial score (nSPS) is 22.0. The summed E-state index contributed by atoms with van der Waals surface area (Å²) in [6.45, 7) is 3.04. The highest BCUT2D eigenvalue weighted by Crippen LogP contribution is 2.46. The average Bonchev–Trinajstić information content (AvgIpc) is 3.49. The van der Waals surface area contributed by atoms with Crippen LogP contribution in [0.1, 0.15) is 73.0 Å². The quantitative estimate of drug-likeness (QED) is 0.195. The maximum absolute atomic E-state index is 12.2. The van der Waals surface area contributed by atoms with Gasteiger partial charge >= 0.3 is 5.97 Å². The summed E-state index contributed by atoms with van der Waals surface area (Å²) in [4.78, 5) is 19.7. The number of nitrogens with one attached hydrogen (secondary N) is 1. The Bertz CT molecular complexity index is 1570. The van der Waals surface area contributed by atoms with Crippen molar-refractivity contribution in [2.75, 3.05) is 18.1 Å². The van der Waals surface area contributed by atoms with Crippen LogP contribution in [-0.2, 0) is 11.2 Å². The van der Waals surface area contributed by atoms with Gasteiger partial charge in [-0.2, -0.15) is 0 Å². The molecule has 2 aliphatic heterocycles. The number of hydrogen-bond acceptors (Lipinski definition) is 8. The van der Waals surface area contributed by atoms with Crippen molar-refractivity contribution < 1.29 is 14.1 Å². The summed E-state index contributed by atoms with van der Waals surface area (Å²) < 4.78 is 12.1. The Balaban J connectivity index is 1.03. The van der Waals surface area contributed by atoms with Crippen molar-refractivity contribution in [2.45, 2.75) is 75.9 Å². The molecule has 2 atom stereocenters. The molecule has 4 aromatic rings. The highest BCUT2D eigenvalue weighted by atomic mass is 35.5. The number of nitrogens with zero attached hydrogens (tertiary/aromatic N) is 3. The SMILES string of the molecule is CCOC(=O)c1ccc2nc(N3C4CCC3CC(NCCc3c(-c5c(Cl)cccc5Cl)noc3C3CC3)C4)sc2c1. The van der Waals surface area contributed by atoms with E-state index in [0.717, 1.165) is 76.6 Å². The van der Waals surface area contributed by atoms with Crippen LogP contribution in [0.5, 0.6) is 0 Å². The van der Waals surface area contributed by atoms with Crippen LogP contribution >= 0.6 is 34.5 Å². The first-order chi connectivity index (χ1) is 20.0. The van der Waals surface area contributed by atoms with Crippen molar-refractivity contribution in [2.24, 2.45) is 0 Å². The molecule has 41 heavy (non-hydrogen) atoms. The lowest BCUT2D eigenvalue weighted by molar-refractivity contribution is 0.0526. The monoisotopic (exact) mass is 610 g/mol. The van der Waals surface area contributed by atoms with Gasteiger partial charge in [-0.25, -0.2) is 9.78 Å². The molecule has 3 fully saturated rings. The molecule has 1 N–H and O–H groups in total. The highest BCUT2D eigenvalue weighted by Gasteiger charge is 2.42. The molecule has 2 bridgehead atoms. The van der Waals surface area contributed by atoms with Crippen molar-refractivity contribution >= 4 is 55.9 Å². The fourth-order valence-electron chi connectivity index (χ4n) is 6.57. The van der Waals surface area contributed by atoms with Crippen LogP contribution in [0, 0.1) is 0 Å². The van der Waals surface area contributed by atoms with Crippen molar-refractivity contribution in [1.82, 2.24) is 15.5 Å². The maximum atomic E-state index is 12.2. The summed E-state index contributed by atoms with van der Waals surface area (Å²) >= 11 is 14.8. The molecule has 2 aromatic heterocycles. The molecule has 10 heteroatoms. The Labute approximate surface area is 253 Å². The Morgan fingerprint density at radius 1 is 1.12 bits per heavy atom. The molecule has 7 nitrogen and oxygen atoms in total. The number of halogens is 2.